The normalized spacial score (nSPS) is 20.3. The fourth-order valence-corrected chi connectivity index (χ4v) is 2.87. The van der Waals surface area contributed by atoms with Crippen LogP contribution in [0.25, 0.3) is 0 Å². The lowest BCUT2D eigenvalue weighted by atomic mass is 9.93. The molecule has 0 saturated heterocycles. The molecule has 100 valence electrons. The molecule has 18 heavy (non-hydrogen) atoms. The number of aromatic nitrogens is 1. The summed E-state index contributed by atoms with van der Waals surface area (Å²) in [7, 11) is 0. The van der Waals surface area contributed by atoms with Gasteiger partial charge in [-0.3, -0.25) is 0 Å². The summed E-state index contributed by atoms with van der Waals surface area (Å²) in [5.41, 5.74) is 9.65. The van der Waals surface area contributed by atoms with Gasteiger partial charge in [0.05, 0.1) is 6.61 Å². The van der Waals surface area contributed by atoms with E-state index in [0.717, 1.165) is 25.0 Å². The molecular formula is C14H22N2O2. The second kappa shape index (κ2) is 5.14. The molecule has 0 fully saturated rings. The van der Waals surface area contributed by atoms with Gasteiger partial charge in [0.25, 0.3) is 0 Å². The van der Waals surface area contributed by atoms with E-state index in [0.29, 0.717) is 6.61 Å². The van der Waals surface area contributed by atoms with Crippen molar-refractivity contribution in [2.75, 3.05) is 6.61 Å². The molecule has 1 heterocycles. The van der Waals surface area contributed by atoms with Gasteiger partial charge >= 0.3 is 5.97 Å². The van der Waals surface area contributed by atoms with Crippen LogP contribution in [0.3, 0.4) is 0 Å². The van der Waals surface area contributed by atoms with Crippen molar-refractivity contribution in [3.05, 3.63) is 23.0 Å². The van der Waals surface area contributed by atoms with Gasteiger partial charge in [-0.25, -0.2) is 4.79 Å². The van der Waals surface area contributed by atoms with E-state index in [4.69, 9.17) is 10.5 Å². The van der Waals surface area contributed by atoms with Crippen LogP contribution >= 0.6 is 0 Å². The third-order valence-electron chi connectivity index (χ3n) is 3.71. The summed E-state index contributed by atoms with van der Waals surface area (Å²) in [5, 5.41) is 0. The summed E-state index contributed by atoms with van der Waals surface area (Å²) in [4.78, 5) is 11.9. The number of fused-ring (bicyclic) bond motifs is 1. The minimum atomic E-state index is -0.265. The SMILES string of the molecule is CCOC(=O)C(C)n1c(C)cc2c1CCCC2N. The molecule has 0 bridgehead atoms. The standard InChI is InChI=1S/C14H22N2O2/c1-4-18-14(17)10(3)16-9(2)8-11-12(15)6-5-7-13(11)16/h8,10,12H,4-7,15H2,1-3H3. The number of carbonyl (C=O) groups is 1. The highest BCUT2D eigenvalue weighted by Crippen LogP contribution is 2.32. The summed E-state index contributed by atoms with van der Waals surface area (Å²) in [6.07, 6.45) is 3.12. The van der Waals surface area contributed by atoms with Crippen LogP contribution in [-0.4, -0.2) is 17.1 Å². The number of rotatable bonds is 3. The van der Waals surface area contributed by atoms with Gasteiger partial charge in [0.1, 0.15) is 6.04 Å². The Morgan fingerprint density at radius 2 is 2.39 bits per heavy atom. The average Bonchev–Trinajstić information content (AvgIpc) is 2.66. The van der Waals surface area contributed by atoms with Crippen LogP contribution in [-0.2, 0) is 16.0 Å². The smallest absolute Gasteiger partial charge is 0.328 e. The van der Waals surface area contributed by atoms with Crippen molar-refractivity contribution in [1.29, 1.82) is 0 Å². The molecule has 1 aromatic rings. The number of nitrogens with zero attached hydrogens (tertiary/aromatic N) is 1. The predicted octanol–water partition coefficient (Wildman–Crippen LogP) is 2.26. The first kappa shape index (κ1) is 13.1. The van der Waals surface area contributed by atoms with Crippen molar-refractivity contribution >= 4 is 5.97 Å². The van der Waals surface area contributed by atoms with Crippen molar-refractivity contribution in [1.82, 2.24) is 4.57 Å². The second-order valence-electron chi connectivity index (χ2n) is 4.98. The zero-order valence-electron chi connectivity index (χ0n) is 11.4. The minimum absolute atomic E-state index is 0.114. The minimum Gasteiger partial charge on any atom is -0.464 e. The Labute approximate surface area is 108 Å². The Morgan fingerprint density at radius 1 is 1.67 bits per heavy atom. The Bertz CT molecular complexity index is 451. The van der Waals surface area contributed by atoms with E-state index in [1.807, 2.05) is 20.8 Å². The lowest BCUT2D eigenvalue weighted by Crippen LogP contribution is -2.24. The summed E-state index contributed by atoms with van der Waals surface area (Å²) in [6.45, 7) is 6.18. The first-order valence-electron chi connectivity index (χ1n) is 6.69. The van der Waals surface area contributed by atoms with E-state index in [1.165, 1.54) is 11.3 Å². The van der Waals surface area contributed by atoms with Gasteiger partial charge in [-0.1, -0.05) is 0 Å². The van der Waals surface area contributed by atoms with Crippen LogP contribution in [0.2, 0.25) is 0 Å². The number of hydrogen-bond acceptors (Lipinski definition) is 3. The average molecular weight is 250 g/mol. The van der Waals surface area contributed by atoms with Gasteiger partial charge < -0.3 is 15.0 Å². The van der Waals surface area contributed by atoms with E-state index in [-0.39, 0.29) is 18.1 Å². The highest BCUT2D eigenvalue weighted by molar-refractivity contribution is 5.74. The van der Waals surface area contributed by atoms with Crippen LogP contribution in [0.1, 0.15) is 55.7 Å². The maximum Gasteiger partial charge on any atom is 0.328 e. The molecule has 1 aliphatic rings. The van der Waals surface area contributed by atoms with Crippen molar-refractivity contribution in [3.63, 3.8) is 0 Å². The Balaban J connectivity index is 2.36. The molecule has 4 nitrogen and oxygen atoms in total. The molecule has 0 saturated carbocycles. The maximum absolute atomic E-state index is 11.9. The molecule has 4 heteroatoms. The van der Waals surface area contributed by atoms with Gasteiger partial charge in [-0.2, -0.15) is 0 Å². The van der Waals surface area contributed by atoms with Gasteiger partial charge in [0, 0.05) is 17.4 Å². The lowest BCUT2D eigenvalue weighted by molar-refractivity contribution is -0.146. The highest BCUT2D eigenvalue weighted by Gasteiger charge is 2.27. The van der Waals surface area contributed by atoms with Crippen molar-refractivity contribution < 1.29 is 9.53 Å². The Kier molecular flexibility index (Phi) is 3.76. The molecular weight excluding hydrogens is 228 g/mol. The number of aryl methyl sites for hydroxylation is 1. The van der Waals surface area contributed by atoms with Crippen molar-refractivity contribution in [3.8, 4) is 0 Å². The number of carbonyl (C=O) groups excluding carboxylic acids is 1. The van der Waals surface area contributed by atoms with Crippen LogP contribution in [0.4, 0.5) is 0 Å². The summed E-state index contributed by atoms with van der Waals surface area (Å²) in [5.74, 6) is -0.168. The molecule has 2 rings (SSSR count). The first-order chi connectivity index (χ1) is 8.56. The molecule has 2 unspecified atom stereocenters. The molecule has 0 spiro atoms. The molecule has 1 aliphatic carbocycles. The van der Waals surface area contributed by atoms with Crippen molar-refractivity contribution in [2.45, 2.75) is 52.1 Å². The van der Waals surface area contributed by atoms with Gasteiger partial charge in [-0.15, -0.1) is 0 Å². The monoisotopic (exact) mass is 250 g/mol. The van der Waals surface area contributed by atoms with Crippen molar-refractivity contribution in [2.24, 2.45) is 5.73 Å². The van der Waals surface area contributed by atoms with E-state index < -0.39 is 0 Å². The zero-order chi connectivity index (χ0) is 13.3. The predicted molar refractivity (Wildman–Crippen MR) is 70.4 cm³/mol. The summed E-state index contributed by atoms with van der Waals surface area (Å²) >= 11 is 0. The third-order valence-corrected chi connectivity index (χ3v) is 3.71. The van der Waals surface area contributed by atoms with Gasteiger partial charge in [0.15, 0.2) is 0 Å². The number of hydrogen-bond donors (Lipinski definition) is 1. The second-order valence-corrected chi connectivity index (χ2v) is 4.98. The highest BCUT2D eigenvalue weighted by atomic mass is 16.5. The first-order valence-corrected chi connectivity index (χ1v) is 6.69. The van der Waals surface area contributed by atoms with Gasteiger partial charge in [0.2, 0.25) is 0 Å². The van der Waals surface area contributed by atoms with Gasteiger partial charge in [-0.05, 0) is 51.7 Å². The number of esters is 1. The van der Waals surface area contributed by atoms with Crippen LogP contribution in [0.15, 0.2) is 6.07 Å². The quantitative estimate of drug-likeness (QED) is 0.837. The van der Waals surface area contributed by atoms with E-state index >= 15 is 0 Å². The number of ether oxygens (including phenoxy) is 1. The molecule has 0 aromatic carbocycles. The van der Waals surface area contributed by atoms with E-state index in [1.54, 1.807) is 0 Å². The molecule has 2 N–H and O–H groups in total. The molecule has 2 atom stereocenters. The molecule has 0 amide bonds. The van der Waals surface area contributed by atoms with Crippen LogP contribution in [0.5, 0.6) is 0 Å². The van der Waals surface area contributed by atoms with Crippen LogP contribution in [0, 0.1) is 6.92 Å². The lowest BCUT2D eigenvalue weighted by Gasteiger charge is -2.23. The molecule has 0 radical (unpaired) electrons. The maximum atomic E-state index is 11.9. The fourth-order valence-electron chi connectivity index (χ4n) is 2.87. The van der Waals surface area contributed by atoms with Crippen LogP contribution < -0.4 is 5.73 Å². The largest absolute Gasteiger partial charge is 0.464 e. The van der Waals surface area contributed by atoms with E-state index in [2.05, 4.69) is 10.6 Å². The number of nitrogens with two attached hydrogens (primary N) is 1. The summed E-state index contributed by atoms with van der Waals surface area (Å²) < 4.78 is 7.20. The topological polar surface area (TPSA) is 57.2 Å². The Hall–Kier alpha value is -1.29. The zero-order valence-corrected chi connectivity index (χ0v) is 11.4. The molecule has 1 aromatic heterocycles. The Morgan fingerprint density at radius 3 is 3.06 bits per heavy atom. The van der Waals surface area contributed by atoms with E-state index in [9.17, 15) is 4.79 Å². The third kappa shape index (κ3) is 2.17. The fraction of sp³-hybridized carbons (Fsp3) is 0.643. The summed E-state index contributed by atoms with van der Waals surface area (Å²) in [6, 6.07) is 1.97. The molecule has 0 aliphatic heterocycles.